The highest BCUT2D eigenvalue weighted by atomic mass is 19.3. The Balaban J connectivity index is 2.54. The predicted octanol–water partition coefficient (Wildman–Crippen LogP) is 4.37. The molecule has 0 saturated carbocycles. The van der Waals surface area contributed by atoms with E-state index in [9.17, 15) is 26.3 Å². The van der Waals surface area contributed by atoms with Crippen molar-refractivity contribution in [2.45, 2.75) is 17.8 Å². The summed E-state index contributed by atoms with van der Waals surface area (Å²) in [5, 5.41) is 0. The second-order valence-corrected chi connectivity index (χ2v) is 4.97. The minimum Gasteiger partial charge on any atom is -0.399 e. The Kier molecular flexibility index (Phi) is 3.96. The molecular weight excluding hydrogens is 322 g/mol. The Morgan fingerprint density at radius 2 is 0.957 bits per heavy atom. The van der Waals surface area contributed by atoms with Crippen LogP contribution in [0.4, 0.5) is 37.7 Å². The molecule has 0 heterocycles. The molecule has 0 bridgehead atoms. The van der Waals surface area contributed by atoms with Gasteiger partial charge in [-0.2, -0.15) is 26.3 Å². The van der Waals surface area contributed by atoms with Crippen molar-refractivity contribution in [1.29, 1.82) is 0 Å². The van der Waals surface area contributed by atoms with Gasteiger partial charge < -0.3 is 11.5 Å². The van der Waals surface area contributed by atoms with Gasteiger partial charge in [-0.05, 0) is 24.3 Å². The van der Waals surface area contributed by atoms with Gasteiger partial charge in [-0.25, -0.2) is 0 Å². The van der Waals surface area contributed by atoms with Crippen LogP contribution in [0.5, 0.6) is 0 Å². The minimum absolute atomic E-state index is 0.245. The summed E-state index contributed by atoms with van der Waals surface area (Å²) in [6.07, 6.45) is 0. The normalized spacial score (nSPS) is 13.1. The molecule has 0 amide bonds. The molecule has 0 atom stereocenters. The Hall–Kier alpha value is -2.38. The Bertz CT molecular complexity index is 655. The molecule has 2 nitrogen and oxygen atoms in total. The number of alkyl halides is 6. The van der Waals surface area contributed by atoms with Crippen molar-refractivity contribution in [3.05, 3.63) is 59.7 Å². The number of hydrogen-bond donors (Lipinski definition) is 2. The van der Waals surface area contributed by atoms with Crippen molar-refractivity contribution in [3.8, 4) is 0 Å². The maximum atomic E-state index is 14.1. The first kappa shape index (κ1) is 17.0. The second kappa shape index (κ2) is 5.36. The molecule has 8 heteroatoms. The number of benzene rings is 2. The molecule has 0 fully saturated rings. The Labute approximate surface area is 127 Å². The molecule has 0 unspecified atom stereocenters. The summed E-state index contributed by atoms with van der Waals surface area (Å²) in [4.78, 5) is 0. The third kappa shape index (κ3) is 2.69. The summed E-state index contributed by atoms with van der Waals surface area (Å²) < 4.78 is 84.4. The van der Waals surface area contributed by atoms with Gasteiger partial charge in [-0.15, -0.1) is 0 Å². The van der Waals surface area contributed by atoms with Gasteiger partial charge in [0.05, 0.1) is 0 Å². The van der Waals surface area contributed by atoms with Gasteiger partial charge >= 0.3 is 17.8 Å². The van der Waals surface area contributed by atoms with E-state index >= 15 is 0 Å². The van der Waals surface area contributed by atoms with Crippen LogP contribution in [0.1, 0.15) is 11.1 Å². The molecule has 0 aliphatic heterocycles. The lowest BCUT2D eigenvalue weighted by Gasteiger charge is -2.33. The molecular formula is C15H12F6N2. The lowest BCUT2D eigenvalue weighted by atomic mass is 9.92. The molecule has 0 aliphatic carbocycles. The van der Waals surface area contributed by atoms with E-state index in [1.807, 2.05) is 0 Å². The fraction of sp³-hybridized carbons (Fsp3) is 0.200. The first-order valence-corrected chi connectivity index (χ1v) is 6.35. The first-order valence-electron chi connectivity index (χ1n) is 6.35. The third-order valence-electron chi connectivity index (χ3n) is 3.29. The summed E-state index contributed by atoms with van der Waals surface area (Å²) in [6.45, 7) is 0. The van der Waals surface area contributed by atoms with Crippen LogP contribution in [0.15, 0.2) is 48.5 Å². The van der Waals surface area contributed by atoms with Gasteiger partial charge in [0.15, 0.2) is 0 Å². The molecule has 2 rings (SSSR count). The molecule has 2 aromatic rings. The van der Waals surface area contributed by atoms with E-state index in [0.717, 1.165) is 12.1 Å². The van der Waals surface area contributed by atoms with E-state index < -0.39 is 28.9 Å². The van der Waals surface area contributed by atoms with Crippen molar-refractivity contribution in [1.82, 2.24) is 0 Å². The van der Waals surface area contributed by atoms with Crippen LogP contribution in [0.25, 0.3) is 0 Å². The maximum absolute atomic E-state index is 14.1. The van der Waals surface area contributed by atoms with Crippen molar-refractivity contribution in [2.75, 3.05) is 11.5 Å². The summed E-state index contributed by atoms with van der Waals surface area (Å²) in [5.41, 5.74) is 7.42. The highest BCUT2D eigenvalue weighted by Crippen LogP contribution is 2.55. The highest BCUT2D eigenvalue weighted by Gasteiger charge is 2.72. The van der Waals surface area contributed by atoms with Crippen LogP contribution in [0.3, 0.4) is 0 Å². The standard InChI is InChI=1S/C15H12F6N2/c16-13(17,9-3-1-5-11(22)7-9)15(20,21)14(18,19)10-4-2-6-12(23)8-10/h1-8H,22-23H2. The van der Waals surface area contributed by atoms with Gasteiger partial charge in [0, 0.05) is 22.5 Å². The van der Waals surface area contributed by atoms with E-state index in [0.29, 0.717) is 24.3 Å². The van der Waals surface area contributed by atoms with Crippen molar-refractivity contribution in [2.24, 2.45) is 0 Å². The highest BCUT2D eigenvalue weighted by molar-refractivity contribution is 5.45. The maximum Gasteiger partial charge on any atom is 0.380 e. The number of anilines is 2. The van der Waals surface area contributed by atoms with Crippen LogP contribution in [0, 0.1) is 0 Å². The van der Waals surface area contributed by atoms with Gasteiger partial charge in [0.1, 0.15) is 0 Å². The Morgan fingerprint density at radius 1 is 0.609 bits per heavy atom. The minimum atomic E-state index is -5.69. The fourth-order valence-electron chi connectivity index (χ4n) is 2.03. The summed E-state index contributed by atoms with van der Waals surface area (Å²) in [5.74, 6) is -16.0. The average molecular weight is 334 g/mol. The molecule has 2 aromatic carbocycles. The second-order valence-electron chi connectivity index (χ2n) is 4.97. The van der Waals surface area contributed by atoms with Gasteiger partial charge in [-0.3, -0.25) is 0 Å². The van der Waals surface area contributed by atoms with Crippen LogP contribution in [-0.4, -0.2) is 5.92 Å². The Morgan fingerprint density at radius 3 is 1.26 bits per heavy atom. The SMILES string of the molecule is Nc1cccc(C(F)(F)C(F)(F)C(F)(F)c2cccc(N)c2)c1. The van der Waals surface area contributed by atoms with Gasteiger partial charge in [0.25, 0.3) is 0 Å². The van der Waals surface area contributed by atoms with E-state index in [1.165, 1.54) is 12.1 Å². The van der Waals surface area contributed by atoms with Crippen LogP contribution < -0.4 is 11.5 Å². The molecule has 0 radical (unpaired) electrons. The summed E-state index contributed by atoms with van der Waals surface area (Å²) >= 11 is 0. The summed E-state index contributed by atoms with van der Waals surface area (Å²) in [7, 11) is 0. The number of nitrogens with two attached hydrogens (primary N) is 2. The lowest BCUT2D eigenvalue weighted by Crippen LogP contribution is -2.50. The third-order valence-corrected chi connectivity index (χ3v) is 3.29. The van der Waals surface area contributed by atoms with Gasteiger partial charge in [0.2, 0.25) is 0 Å². The van der Waals surface area contributed by atoms with Crippen molar-refractivity contribution in [3.63, 3.8) is 0 Å². The molecule has 4 N–H and O–H groups in total. The summed E-state index contributed by atoms with van der Waals surface area (Å²) in [6, 6.07) is 6.59. The molecule has 0 aromatic heterocycles. The molecule has 23 heavy (non-hydrogen) atoms. The fourth-order valence-corrected chi connectivity index (χ4v) is 2.03. The van der Waals surface area contributed by atoms with Gasteiger partial charge in [-0.1, -0.05) is 24.3 Å². The average Bonchev–Trinajstić information content (AvgIpc) is 2.46. The van der Waals surface area contributed by atoms with Crippen LogP contribution in [0.2, 0.25) is 0 Å². The monoisotopic (exact) mass is 334 g/mol. The topological polar surface area (TPSA) is 52.0 Å². The zero-order valence-electron chi connectivity index (χ0n) is 11.5. The van der Waals surface area contributed by atoms with Crippen molar-refractivity contribution >= 4 is 11.4 Å². The van der Waals surface area contributed by atoms with Crippen molar-refractivity contribution < 1.29 is 26.3 Å². The number of nitrogen functional groups attached to an aromatic ring is 2. The van der Waals surface area contributed by atoms with Crippen LogP contribution in [-0.2, 0) is 11.8 Å². The van der Waals surface area contributed by atoms with Crippen LogP contribution >= 0.6 is 0 Å². The number of rotatable bonds is 4. The van der Waals surface area contributed by atoms with E-state index in [1.54, 1.807) is 0 Å². The predicted molar refractivity (Wildman–Crippen MR) is 74.4 cm³/mol. The molecule has 0 spiro atoms. The molecule has 0 aliphatic rings. The van der Waals surface area contributed by atoms with E-state index in [4.69, 9.17) is 11.5 Å². The zero-order chi connectivity index (χ0) is 17.5. The first-order chi connectivity index (χ1) is 10.5. The molecule has 0 saturated heterocycles. The number of hydrogen-bond acceptors (Lipinski definition) is 2. The number of halogens is 6. The smallest absolute Gasteiger partial charge is 0.380 e. The molecule has 124 valence electrons. The largest absolute Gasteiger partial charge is 0.399 e. The zero-order valence-corrected chi connectivity index (χ0v) is 11.5. The quantitative estimate of drug-likeness (QED) is 0.644. The van der Waals surface area contributed by atoms with E-state index in [-0.39, 0.29) is 11.4 Å². The van der Waals surface area contributed by atoms with E-state index in [2.05, 4.69) is 0 Å². The lowest BCUT2D eigenvalue weighted by molar-refractivity contribution is -0.321.